The topological polar surface area (TPSA) is 58.2 Å². The van der Waals surface area contributed by atoms with Gasteiger partial charge in [0, 0.05) is 40.4 Å². The highest BCUT2D eigenvalue weighted by Gasteiger charge is 2.06. The summed E-state index contributed by atoms with van der Waals surface area (Å²) in [5, 5.41) is 6.37. The van der Waals surface area contributed by atoms with Gasteiger partial charge in [0.15, 0.2) is 0 Å². The van der Waals surface area contributed by atoms with Gasteiger partial charge in [0.1, 0.15) is 0 Å². The maximum absolute atomic E-state index is 12.4. The van der Waals surface area contributed by atoms with Gasteiger partial charge in [0.2, 0.25) is 5.91 Å². The molecule has 29 heavy (non-hydrogen) atoms. The molecular formula is C23H21ClN2O2S. The Morgan fingerprint density at radius 1 is 0.931 bits per heavy atom. The Hall–Kier alpha value is -2.76. The van der Waals surface area contributed by atoms with Gasteiger partial charge in [-0.05, 0) is 59.7 Å². The maximum Gasteiger partial charge on any atom is 0.251 e. The van der Waals surface area contributed by atoms with E-state index in [1.807, 2.05) is 72.8 Å². The predicted molar refractivity (Wildman–Crippen MR) is 119 cm³/mol. The van der Waals surface area contributed by atoms with Gasteiger partial charge >= 0.3 is 0 Å². The van der Waals surface area contributed by atoms with Crippen LogP contribution < -0.4 is 10.6 Å². The van der Waals surface area contributed by atoms with Crippen LogP contribution in [-0.4, -0.2) is 11.8 Å². The molecule has 3 rings (SSSR count). The molecule has 0 radical (unpaired) electrons. The Morgan fingerprint density at radius 2 is 1.66 bits per heavy atom. The largest absolute Gasteiger partial charge is 0.348 e. The first-order valence-electron chi connectivity index (χ1n) is 9.11. The van der Waals surface area contributed by atoms with Crippen molar-refractivity contribution in [2.75, 3.05) is 5.32 Å². The summed E-state index contributed by atoms with van der Waals surface area (Å²) >= 11 is 7.62. The Labute approximate surface area is 179 Å². The summed E-state index contributed by atoms with van der Waals surface area (Å²) in [6, 6.07) is 22.8. The summed E-state index contributed by atoms with van der Waals surface area (Å²) in [6.07, 6.45) is 0. The van der Waals surface area contributed by atoms with Crippen LogP contribution in [0.3, 0.4) is 0 Å². The smallest absolute Gasteiger partial charge is 0.251 e. The third-order valence-corrected chi connectivity index (χ3v) is 5.47. The zero-order valence-corrected chi connectivity index (χ0v) is 17.5. The summed E-state index contributed by atoms with van der Waals surface area (Å²) in [6.45, 7) is 1.85. The highest BCUT2D eigenvalue weighted by atomic mass is 35.5. The lowest BCUT2D eigenvalue weighted by atomic mass is 10.1. The number of benzene rings is 3. The first-order valence-corrected chi connectivity index (χ1v) is 10.5. The Balaban J connectivity index is 1.52. The number of thioether (sulfide) groups is 1. The fourth-order valence-electron chi connectivity index (χ4n) is 2.70. The second-order valence-electron chi connectivity index (χ2n) is 6.50. The Bertz CT molecular complexity index is 989. The van der Waals surface area contributed by atoms with Gasteiger partial charge < -0.3 is 10.6 Å². The summed E-state index contributed by atoms with van der Waals surface area (Å²) < 4.78 is 0. The van der Waals surface area contributed by atoms with E-state index in [0.717, 1.165) is 26.8 Å². The van der Waals surface area contributed by atoms with E-state index in [4.69, 9.17) is 11.6 Å². The molecule has 148 valence electrons. The van der Waals surface area contributed by atoms with Gasteiger partial charge in [0.25, 0.3) is 5.91 Å². The quantitative estimate of drug-likeness (QED) is 0.491. The van der Waals surface area contributed by atoms with Crippen LogP contribution in [0.2, 0.25) is 5.02 Å². The first kappa shape index (κ1) is 21.0. The zero-order chi connectivity index (χ0) is 20.6. The van der Waals surface area contributed by atoms with Crippen molar-refractivity contribution in [3.05, 3.63) is 94.5 Å². The SMILES string of the molecule is CC(=O)Nc1cccc(CNC(=O)c2ccc(CSc3ccc(Cl)cc3)cc2)c1. The van der Waals surface area contributed by atoms with Crippen molar-refractivity contribution in [2.45, 2.75) is 24.1 Å². The van der Waals surface area contributed by atoms with Crippen molar-refractivity contribution in [1.29, 1.82) is 0 Å². The predicted octanol–water partition coefficient (Wildman–Crippen LogP) is 5.52. The molecule has 4 nitrogen and oxygen atoms in total. The van der Waals surface area contributed by atoms with E-state index in [2.05, 4.69) is 10.6 Å². The highest BCUT2D eigenvalue weighted by Crippen LogP contribution is 2.24. The van der Waals surface area contributed by atoms with Gasteiger partial charge in [-0.3, -0.25) is 9.59 Å². The molecule has 0 aliphatic rings. The molecule has 2 N–H and O–H groups in total. The van der Waals surface area contributed by atoms with Crippen LogP contribution in [0.4, 0.5) is 5.69 Å². The number of hydrogen-bond acceptors (Lipinski definition) is 3. The minimum Gasteiger partial charge on any atom is -0.348 e. The number of hydrogen-bond donors (Lipinski definition) is 2. The normalized spacial score (nSPS) is 10.4. The standard InChI is InChI=1S/C23H21ClN2O2S/c1-16(27)26-21-4-2-3-18(13-21)14-25-23(28)19-7-5-17(6-8-19)15-29-22-11-9-20(24)10-12-22/h2-13H,14-15H2,1H3,(H,25,28)(H,26,27). The van der Waals surface area contributed by atoms with Crippen LogP contribution in [0.25, 0.3) is 0 Å². The van der Waals surface area contributed by atoms with E-state index in [1.54, 1.807) is 11.8 Å². The molecule has 0 saturated heterocycles. The minimum absolute atomic E-state index is 0.125. The average molecular weight is 425 g/mol. The first-order chi connectivity index (χ1) is 14.0. The van der Waals surface area contributed by atoms with Crippen molar-refractivity contribution < 1.29 is 9.59 Å². The molecule has 0 aliphatic carbocycles. The second-order valence-corrected chi connectivity index (χ2v) is 7.99. The Kier molecular flexibility index (Phi) is 7.33. The van der Waals surface area contributed by atoms with Crippen LogP contribution in [0, 0.1) is 0 Å². The lowest BCUT2D eigenvalue weighted by molar-refractivity contribution is -0.114. The number of rotatable bonds is 7. The van der Waals surface area contributed by atoms with Crippen molar-refractivity contribution in [3.8, 4) is 0 Å². The number of anilines is 1. The lowest BCUT2D eigenvalue weighted by Gasteiger charge is -2.08. The average Bonchev–Trinajstić information content (AvgIpc) is 2.72. The summed E-state index contributed by atoms with van der Waals surface area (Å²) in [4.78, 5) is 24.7. The molecule has 3 aromatic rings. The van der Waals surface area contributed by atoms with Crippen LogP contribution >= 0.6 is 23.4 Å². The van der Waals surface area contributed by atoms with Gasteiger partial charge in [-0.2, -0.15) is 0 Å². The number of halogens is 1. The van der Waals surface area contributed by atoms with E-state index in [0.29, 0.717) is 17.8 Å². The van der Waals surface area contributed by atoms with Crippen molar-refractivity contribution in [3.63, 3.8) is 0 Å². The summed E-state index contributed by atoms with van der Waals surface area (Å²) in [7, 11) is 0. The molecule has 0 atom stereocenters. The van der Waals surface area contributed by atoms with E-state index in [1.165, 1.54) is 6.92 Å². The van der Waals surface area contributed by atoms with Crippen LogP contribution in [0.1, 0.15) is 28.4 Å². The van der Waals surface area contributed by atoms with Crippen LogP contribution in [0.5, 0.6) is 0 Å². The van der Waals surface area contributed by atoms with Gasteiger partial charge in [-0.25, -0.2) is 0 Å². The molecule has 0 fully saturated rings. The second kappa shape index (κ2) is 10.1. The van der Waals surface area contributed by atoms with Crippen molar-refractivity contribution in [1.82, 2.24) is 5.32 Å². The van der Waals surface area contributed by atoms with Gasteiger partial charge in [-0.15, -0.1) is 11.8 Å². The van der Waals surface area contributed by atoms with E-state index in [9.17, 15) is 9.59 Å². The third kappa shape index (κ3) is 6.66. The van der Waals surface area contributed by atoms with Gasteiger partial charge in [0.05, 0.1) is 0 Å². The van der Waals surface area contributed by atoms with E-state index < -0.39 is 0 Å². The van der Waals surface area contributed by atoms with E-state index >= 15 is 0 Å². The molecule has 6 heteroatoms. The maximum atomic E-state index is 12.4. The zero-order valence-electron chi connectivity index (χ0n) is 15.9. The number of carbonyl (C=O) groups excluding carboxylic acids is 2. The third-order valence-electron chi connectivity index (χ3n) is 4.14. The molecule has 0 spiro atoms. The van der Waals surface area contributed by atoms with Crippen molar-refractivity contribution in [2.24, 2.45) is 0 Å². The monoisotopic (exact) mass is 424 g/mol. The van der Waals surface area contributed by atoms with Crippen molar-refractivity contribution >= 4 is 40.9 Å². The van der Waals surface area contributed by atoms with Crippen LogP contribution in [0.15, 0.2) is 77.7 Å². The molecule has 0 saturated carbocycles. The fraction of sp³-hybridized carbons (Fsp3) is 0.130. The highest BCUT2D eigenvalue weighted by molar-refractivity contribution is 7.98. The van der Waals surface area contributed by atoms with Gasteiger partial charge in [-0.1, -0.05) is 35.9 Å². The number of nitrogens with one attached hydrogen (secondary N) is 2. The van der Waals surface area contributed by atoms with Crippen LogP contribution in [-0.2, 0) is 17.1 Å². The van der Waals surface area contributed by atoms with E-state index in [-0.39, 0.29) is 11.8 Å². The molecule has 2 amide bonds. The molecule has 0 unspecified atom stereocenters. The molecule has 0 aliphatic heterocycles. The Morgan fingerprint density at radius 3 is 2.34 bits per heavy atom. The lowest BCUT2D eigenvalue weighted by Crippen LogP contribution is -2.22. The molecule has 0 bridgehead atoms. The minimum atomic E-state index is -0.133. The number of amides is 2. The number of carbonyl (C=O) groups is 2. The molecule has 3 aromatic carbocycles. The summed E-state index contributed by atoms with van der Waals surface area (Å²) in [5.74, 6) is 0.562. The fourth-order valence-corrected chi connectivity index (χ4v) is 3.68. The summed E-state index contributed by atoms with van der Waals surface area (Å²) in [5.41, 5.74) is 3.39. The molecule has 0 heterocycles. The molecular weight excluding hydrogens is 404 g/mol. The molecule has 0 aromatic heterocycles.